The molecule has 2 heterocycles. The molecule has 106 valence electrons. The Bertz CT molecular complexity index is 726. The van der Waals surface area contributed by atoms with Gasteiger partial charge in [-0.2, -0.15) is 24.7 Å². The minimum absolute atomic E-state index is 0.269. The minimum Gasteiger partial charge on any atom is -0.292 e. The van der Waals surface area contributed by atoms with E-state index in [9.17, 15) is 0 Å². The Labute approximate surface area is 124 Å². The molecule has 8 nitrogen and oxygen atoms in total. The normalized spacial score (nSPS) is 10.6. The molecule has 3 N–H and O–H groups in total. The molecule has 0 amide bonds. The lowest BCUT2D eigenvalue weighted by molar-refractivity contribution is 0.759. The number of nitrogens with zero attached hydrogens (tertiary/aromatic N) is 6. The molecule has 2 aromatic heterocycles. The quantitative estimate of drug-likeness (QED) is 0.546. The number of nitrogens with one attached hydrogen (secondary N) is 1. The molecule has 0 saturated heterocycles. The number of aromatic nitrogens is 6. The summed E-state index contributed by atoms with van der Waals surface area (Å²) < 4.78 is 1.45. The maximum atomic E-state index is 5.40. The van der Waals surface area contributed by atoms with Crippen molar-refractivity contribution < 1.29 is 0 Å². The summed E-state index contributed by atoms with van der Waals surface area (Å²) in [6.45, 7) is 2.04. The fraction of sp³-hybridized carbons (Fsp3) is 0.0833. The summed E-state index contributed by atoms with van der Waals surface area (Å²) in [5.74, 6) is 6.02. The number of hydrogen-bond donors (Lipinski definition) is 2. The van der Waals surface area contributed by atoms with Gasteiger partial charge in [-0.3, -0.25) is 5.43 Å². The zero-order chi connectivity index (χ0) is 14.7. The molecular formula is C12H12N8S. The number of aryl methyl sites for hydroxylation is 1. The predicted octanol–water partition coefficient (Wildman–Crippen LogP) is 1.20. The van der Waals surface area contributed by atoms with Crippen LogP contribution in [0.15, 0.2) is 47.0 Å². The summed E-state index contributed by atoms with van der Waals surface area (Å²) in [7, 11) is 0. The van der Waals surface area contributed by atoms with Crippen LogP contribution in [0, 0.1) is 6.92 Å². The summed E-state index contributed by atoms with van der Waals surface area (Å²) in [5.41, 5.74) is 3.62. The van der Waals surface area contributed by atoms with E-state index < -0.39 is 0 Å². The van der Waals surface area contributed by atoms with Gasteiger partial charge in [0.2, 0.25) is 5.95 Å². The van der Waals surface area contributed by atoms with Crippen LogP contribution in [0.1, 0.15) is 5.56 Å². The Morgan fingerprint density at radius 1 is 1.14 bits per heavy atom. The Morgan fingerprint density at radius 2 is 1.95 bits per heavy atom. The fourth-order valence-corrected chi connectivity index (χ4v) is 2.32. The third-order valence-electron chi connectivity index (χ3n) is 2.59. The van der Waals surface area contributed by atoms with Crippen LogP contribution in [0.25, 0.3) is 5.95 Å². The Hall–Kier alpha value is -2.52. The summed E-state index contributed by atoms with van der Waals surface area (Å²) in [5, 5.41) is 4.52. The Morgan fingerprint density at radius 3 is 2.62 bits per heavy atom. The number of anilines is 1. The van der Waals surface area contributed by atoms with Gasteiger partial charge in [0.25, 0.3) is 5.95 Å². The van der Waals surface area contributed by atoms with Crippen LogP contribution < -0.4 is 11.3 Å². The van der Waals surface area contributed by atoms with E-state index in [1.54, 1.807) is 0 Å². The van der Waals surface area contributed by atoms with E-state index in [1.807, 2.05) is 31.2 Å². The molecular weight excluding hydrogens is 288 g/mol. The molecule has 3 rings (SSSR count). The van der Waals surface area contributed by atoms with Crippen molar-refractivity contribution in [1.82, 2.24) is 29.7 Å². The zero-order valence-electron chi connectivity index (χ0n) is 11.1. The topological polar surface area (TPSA) is 107 Å². The lowest BCUT2D eigenvalue weighted by Gasteiger charge is -2.06. The molecule has 0 aliphatic carbocycles. The third-order valence-corrected chi connectivity index (χ3v) is 3.46. The van der Waals surface area contributed by atoms with E-state index in [-0.39, 0.29) is 5.95 Å². The summed E-state index contributed by atoms with van der Waals surface area (Å²) >= 11 is 1.42. The molecule has 0 spiro atoms. The van der Waals surface area contributed by atoms with E-state index >= 15 is 0 Å². The van der Waals surface area contributed by atoms with Gasteiger partial charge in [-0.05, 0) is 30.8 Å². The molecule has 3 aromatic rings. The highest BCUT2D eigenvalue weighted by molar-refractivity contribution is 7.99. The van der Waals surface area contributed by atoms with Gasteiger partial charge in [-0.25, -0.2) is 10.8 Å². The molecule has 0 fully saturated rings. The summed E-state index contributed by atoms with van der Waals surface area (Å²) in [6, 6.07) is 8.08. The minimum atomic E-state index is 0.269. The van der Waals surface area contributed by atoms with Gasteiger partial charge in [0.15, 0.2) is 5.16 Å². The van der Waals surface area contributed by atoms with E-state index in [1.165, 1.54) is 34.7 Å². The first-order valence-corrected chi connectivity index (χ1v) is 6.88. The van der Waals surface area contributed by atoms with Crippen molar-refractivity contribution in [3.8, 4) is 5.95 Å². The highest BCUT2D eigenvalue weighted by Gasteiger charge is 2.09. The van der Waals surface area contributed by atoms with Crippen molar-refractivity contribution in [2.45, 2.75) is 17.0 Å². The fourth-order valence-electron chi connectivity index (χ4n) is 1.58. The third kappa shape index (κ3) is 3.15. The first kappa shape index (κ1) is 13.5. The zero-order valence-corrected chi connectivity index (χ0v) is 11.9. The SMILES string of the molecule is Cc1ccc(Sc2nc(NN)nc(-n3cncn3)n2)cc1. The standard InChI is InChI=1S/C12H12N8S/c1-8-2-4-9(5-3-8)21-12-17-10(19-13)16-11(18-12)20-7-14-6-15-20/h2-7H,13H2,1H3,(H,16,17,18,19). The van der Waals surface area contributed by atoms with Crippen molar-refractivity contribution >= 4 is 17.7 Å². The van der Waals surface area contributed by atoms with Crippen molar-refractivity contribution in [2.24, 2.45) is 5.84 Å². The lowest BCUT2D eigenvalue weighted by atomic mass is 10.2. The number of benzene rings is 1. The van der Waals surface area contributed by atoms with E-state index in [0.29, 0.717) is 11.1 Å². The van der Waals surface area contributed by atoms with Crippen molar-refractivity contribution in [1.29, 1.82) is 0 Å². The number of rotatable bonds is 4. The van der Waals surface area contributed by atoms with Crippen molar-refractivity contribution in [3.63, 3.8) is 0 Å². The molecule has 1 aromatic carbocycles. The van der Waals surface area contributed by atoms with Crippen LogP contribution in [0.3, 0.4) is 0 Å². The van der Waals surface area contributed by atoms with Crippen LogP contribution in [0.4, 0.5) is 5.95 Å². The predicted molar refractivity (Wildman–Crippen MR) is 77.9 cm³/mol. The van der Waals surface area contributed by atoms with Gasteiger partial charge in [0.1, 0.15) is 12.7 Å². The first-order valence-electron chi connectivity index (χ1n) is 6.07. The molecule has 0 bridgehead atoms. The van der Waals surface area contributed by atoms with Gasteiger partial charge >= 0.3 is 0 Å². The average Bonchev–Trinajstić information content (AvgIpc) is 3.04. The number of hydrogen-bond acceptors (Lipinski definition) is 8. The van der Waals surface area contributed by atoms with Crippen LogP contribution >= 0.6 is 11.8 Å². The van der Waals surface area contributed by atoms with Gasteiger partial charge in [0, 0.05) is 4.90 Å². The maximum Gasteiger partial charge on any atom is 0.257 e. The largest absolute Gasteiger partial charge is 0.292 e. The number of nitrogen functional groups attached to an aromatic ring is 1. The van der Waals surface area contributed by atoms with Crippen molar-refractivity contribution in [2.75, 3.05) is 5.43 Å². The second-order valence-corrected chi connectivity index (χ2v) is 5.18. The number of nitrogens with two attached hydrogens (primary N) is 1. The molecule has 0 aliphatic heterocycles. The summed E-state index contributed by atoms with van der Waals surface area (Å²) in [4.78, 5) is 17.6. The first-order chi connectivity index (χ1) is 10.2. The second-order valence-electron chi connectivity index (χ2n) is 4.14. The molecule has 0 saturated carbocycles. The molecule has 0 aliphatic rings. The molecule has 0 unspecified atom stereocenters. The highest BCUT2D eigenvalue weighted by atomic mass is 32.2. The van der Waals surface area contributed by atoms with Gasteiger partial charge < -0.3 is 0 Å². The van der Waals surface area contributed by atoms with Crippen LogP contribution in [-0.2, 0) is 0 Å². The molecule has 0 radical (unpaired) electrons. The summed E-state index contributed by atoms with van der Waals surface area (Å²) in [6.07, 6.45) is 2.92. The lowest BCUT2D eigenvalue weighted by Crippen LogP contribution is -2.14. The average molecular weight is 300 g/mol. The monoisotopic (exact) mass is 300 g/mol. The Kier molecular flexibility index (Phi) is 3.75. The van der Waals surface area contributed by atoms with E-state index in [0.717, 1.165) is 4.90 Å². The smallest absolute Gasteiger partial charge is 0.257 e. The number of hydrazine groups is 1. The van der Waals surface area contributed by atoms with Gasteiger partial charge in [-0.15, -0.1) is 0 Å². The Balaban J connectivity index is 1.94. The van der Waals surface area contributed by atoms with Crippen LogP contribution in [0.5, 0.6) is 0 Å². The second kappa shape index (κ2) is 5.85. The van der Waals surface area contributed by atoms with Crippen molar-refractivity contribution in [3.05, 3.63) is 42.5 Å². The van der Waals surface area contributed by atoms with Gasteiger partial charge in [-0.1, -0.05) is 17.7 Å². The maximum absolute atomic E-state index is 5.40. The van der Waals surface area contributed by atoms with Crippen LogP contribution in [0.2, 0.25) is 0 Å². The van der Waals surface area contributed by atoms with E-state index in [2.05, 4.69) is 30.5 Å². The molecule has 0 atom stereocenters. The highest BCUT2D eigenvalue weighted by Crippen LogP contribution is 2.25. The molecule has 9 heteroatoms. The van der Waals surface area contributed by atoms with E-state index in [4.69, 9.17) is 5.84 Å². The molecule has 21 heavy (non-hydrogen) atoms. The van der Waals surface area contributed by atoms with Crippen LogP contribution in [-0.4, -0.2) is 29.7 Å². The van der Waals surface area contributed by atoms with Gasteiger partial charge in [0.05, 0.1) is 0 Å².